The van der Waals surface area contributed by atoms with Crippen LogP contribution in [0.15, 0.2) is 78.9 Å². The summed E-state index contributed by atoms with van der Waals surface area (Å²) in [4.78, 5) is 25.7. The second kappa shape index (κ2) is 9.34. The average Bonchev–Trinajstić information content (AvgIpc) is 2.74. The maximum atomic E-state index is 12.9. The Labute approximate surface area is 169 Å². The molecule has 0 fully saturated rings. The second-order valence-corrected chi connectivity index (χ2v) is 7.04. The van der Waals surface area contributed by atoms with Gasteiger partial charge in [0.1, 0.15) is 5.75 Å². The molecule has 0 bridgehead atoms. The second-order valence-electron chi connectivity index (χ2n) is 6.60. The van der Waals surface area contributed by atoms with Crippen LogP contribution in [-0.4, -0.2) is 18.7 Å². The molecule has 0 aromatic heterocycles. The van der Waals surface area contributed by atoms with Crippen molar-refractivity contribution in [1.29, 1.82) is 0 Å². The molecule has 3 aromatic rings. The summed E-state index contributed by atoms with van der Waals surface area (Å²) in [6.07, 6.45) is 0.498. The first-order valence-corrected chi connectivity index (χ1v) is 9.45. The highest BCUT2D eigenvalue weighted by molar-refractivity contribution is 6.30. The maximum absolute atomic E-state index is 12.9. The van der Waals surface area contributed by atoms with Gasteiger partial charge in [-0.25, -0.2) is 0 Å². The minimum atomic E-state index is -0.205. The number of ketones is 2. The monoisotopic (exact) mass is 392 g/mol. The topological polar surface area (TPSA) is 43.4 Å². The predicted octanol–water partition coefficient (Wildman–Crippen LogP) is 5.98. The molecule has 0 amide bonds. The van der Waals surface area contributed by atoms with Crippen molar-refractivity contribution in [1.82, 2.24) is 0 Å². The average molecular weight is 393 g/mol. The summed E-state index contributed by atoms with van der Waals surface area (Å²) in [6, 6.07) is 23.6. The third-order valence-corrected chi connectivity index (χ3v) is 4.94. The Morgan fingerprint density at radius 2 is 1.46 bits per heavy atom. The third kappa shape index (κ3) is 5.08. The van der Waals surface area contributed by atoms with Gasteiger partial charge in [-0.15, -0.1) is 0 Å². The van der Waals surface area contributed by atoms with Gasteiger partial charge in [0.05, 0.1) is 7.11 Å². The van der Waals surface area contributed by atoms with Crippen molar-refractivity contribution < 1.29 is 14.3 Å². The first-order chi connectivity index (χ1) is 13.6. The number of Topliss-reactive ketones (excluding diaryl/α,β-unsaturated/α-hetero) is 2. The Bertz CT molecular complexity index is 949. The van der Waals surface area contributed by atoms with Gasteiger partial charge in [-0.2, -0.15) is 0 Å². The highest BCUT2D eigenvalue weighted by Gasteiger charge is 2.21. The Balaban J connectivity index is 1.82. The summed E-state index contributed by atoms with van der Waals surface area (Å²) in [5.74, 6) is 0.406. The molecule has 0 radical (unpaired) electrons. The van der Waals surface area contributed by atoms with Gasteiger partial charge in [0.2, 0.25) is 0 Å². The van der Waals surface area contributed by atoms with Crippen LogP contribution in [0.25, 0.3) is 0 Å². The molecule has 3 nitrogen and oxygen atoms in total. The molecule has 0 aliphatic carbocycles. The molecular formula is C24H21ClO3. The number of halogens is 1. The smallest absolute Gasteiger partial charge is 0.163 e. The Kier molecular flexibility index (Phi) is 6.62. The van der Waals surface area contributed by atoms with E-state index >= 15 is 0 Å². The summed E-state index contributed by atoms with van der Waals surface area (Å²) in [7, 11) is 1.57. The summed E-state index contributed by atoms with van der Waals surface area (Å²) >= 11 is 5.91. The molecule has 3 aromatic carbocycles. The molecule has 1 atom stereocenters. The summed E-state index contributed by atoms with van der Waals surface area (Å²) < 4.78 is 5.21. The van der Waals surface area contributed by atoms with E-state index in [1.54, 1.807) is 55.6 Å². The molecule has 0 aliphatic heterocycles. The predicted molar refractivity (Wildman–Crippen MR) is 112 cm³/mol. The van der Waals surface area contributed by atoms with Gasteiger partial charge < -0.3 is 4.74 Å². The van der Waals surface area contributed by atoms with Crippen LogP contribution in [0.2, 0.25) is 5.02 Å². The van der Waals surface area contributed by atoms with Gasteiger partial charge in [0.15, 0.2) is 11.6 Å². The molecule has 4 heteroatoms. The van der Waals surface area contributed by atoms with E-state index in [1.165, 1.54) is 0 Å². The van der Waals surface area contributed by atoms with E-state index in [0.717, 1.165) is 5.56 Å². The van der Waals surface area contributed by atoms with E-state index in [-0.39, 0.29) is 30.3 Å². The molecule has 28 heavy (non-hydrogen) atoms. The highest BCUT2D eigenvalue weighted by Crippen LogP contribution is 2.28. The number of rotatable bonds is 8. The first kappa shape index (κ1) is 19.8. The van der Waals surface area contributed by atoms with Gasteiger partial charge in [0.25, 0.3) is 0 Å². The number of ether oxygens (including phenoxy) is 1. The fourth-order valence-electron chi connectivity index (χ4n) is 3.15. The number of methoxy groups -OCH3 is 1. The first-order valence-electron chi connectivity index (χ1n) is 9.08. The molecule has 0 heterocycles. The Morgan fingerprint density at radius 3 is 2.11 bits per heavy atom. The number of benzene rings is 3. The van der Waals surface area contributed by atoms with E-state index in [0.29, 0.717) is 21.9 Å². The van der Waals surface area contributed by atoms with E-state index in [9.17, 15) is 9.59 Å². The summed E-state index contributed by atoms with van der Waals surface area (Å²) in [5, 5.41) is 0.587. The lowest BCUT2D eigenvalue weighted by atomic mass is 9.86. The quantitative estimate of drug-likeness (QED) is 0.443. The van der Waals surface area contributed by atoms with E-state index in [4.69, 9.17) is 16.3 Å². The molecule has 0 saturated carbocycles. The minimum Gasteiger partial charge on any atom is -0.497 e. The number of hydrogen-bond donors (Lipinski definition) is 0. The van der Waals surface area contributed by atoms with Gasteiger partial charge in [0, 0.05) is 29.0 Å². The van der Waals surface area contributed by atoms with E-state index < -0.39 is 0 Å². The lowest BCUT2D eigenvalue weighted by Crippen LogP contribution is -2.13. The number of carbonyl (C=O) groups is 2. The normalized spacial score (nSPS) is 11.6. The Morgan fingerprint density at radius 1 is 0.821 bits per heavy atom. The van der Waals surface area contributed by atoms with Crippen molar-refractivity contribution in [3.63, 3.8) is 0 Å². The molecule has 142 valence electrons. The zero-order valence-electron chi connectivity index (χ0n) is 15.6. The van der Waals surface area contributed by atoms with Crippen LogP contribution in [0.5, 0.6) is 5.75 Å². The third-order valence-electron chi connectivity index (χ3n) is 4.69. The molecule has 3 rings (SSSR count). The number of hydrogen-bond acceptors (Lipinski definition) is 3. The minimum absolute atomic E-state index is 0.0102. The van der Waals surface area contributed by atoms with Crippen molar-refractivity contribution in [2.24, 2.45) is 0 Å². The van der Waals surface area contributed by atoms with Crippen LogP contribution >= 0.6 is 11.6 Å². The van der Waals surface area contributed by atoms with Crippen molar-refractivity contribution >= 4 is 23.2 Å². The molecule has 1 unspecified atom stereocenters. The van der Waals surface area contributed by atoms with Gasteiger partial charge in [-0.05, 0) is 47.9 Å². The zero-order chi connectivity index (χ0) is 19.9. The lowest BCUT2D eigenvalue weighted by Gasteiger charge is -2.16. The van der Waals surface area contributed by atoms with Crippen molar-refractivity contribution in [3.05, 3.63) is 101 Å². The zero-order valence-corrected chi connectivity index (χ0v) is 16.4. The highest BCUT2D eigenvalue weighted by atomic mass is 35.5. The largest absolute Gasteiger partial charge is 0.497 e. The fourth-order valence-corrected chi connectivity index (χ4v) is 3.27. The van der Waals surface area contributed by atoms with E-state index in [2.05, 4.69) is 0 Å². The molecule has 0 saturated heterocycles. The summed E-state index contributed by atoms with van der Waals surface area (Å²) in [5.41, 5.74) is 2.15. The molecule has 0 N–H and O–H groups in total. The maximum Gasteiger partial charge on any atom is 0.163 e. The van der Waals surface area contributed by atoms with Crippen molar-refractivity contribution in [2.75, 3.05) is 7.11 Å². The van der Waals surface area contributed by atoms with E-state index in [1.807, 2.05) is 30.3 Å². The van der Waals surface area contributed by atoms with Crippen LogP contribution in [-0.2, 0) is 0 Å². The Hall–Kier alpha value is -2.91. The van der Waals surface area contributed by atoms with Crippen LogP contribution in [0, 0.1) is 0 Å². The molecular weight excluding hydrogens is 372 g/mol. The number of carbonyl (C=O) groups excluding carboxylic acids is 2. The van der Waals surface area contributed by atoms with Crippen LogP contribution in [0.1, 0.15) is 45.0 Å². The fraction of sp³-hybridized carbons (Fsp3) is 0.167. The lowest BCUT2D eigenvalue weighted by molar-refractivity contribution is 0.0944. The van der Waals surface area contributed by atoms with Crippen LogP contribution < -0.4 is 4.74 Å². The van der Waals surface area contributed by atoms with Crippen LogP contribution in [0.4, 0.5) is 0 Å². The van der Waals surface area contributed by atoms with Crippen molar-refractivity contribution in [2.45, 2.75) is 18.8 Å². The summed E-state index contributed by atoms with van der Waals surface area (Å²) in [6.45, 7) is 0. The van der Waals surface area contributed by atoms with Crippen molar-refractivity contribution in [3.8, 4) is 5.75 Å². The molecule has 0 aliphatic rings. The SMILES string of the molecule is COc1cccc(C(=O)CC(CC(=O)c2ccc(Cl)cc2)c2ccccc2)c1. The van der Waals surface area contributed by atoms with Crippen LogP contribution in [0.3, 0.4) is 0 Å². The standard InChI is InChI=1S/C24H21ClO3/c1-28-22-9-5-8-19(14-22)24(27)16-20(17-6-3-2-4-7-17)15-23(26)18-10-12-21(25)13-11-18/h2-14,20H,15-16H2,1H3. The van der Waals surface area contributed by atoms with Gasteiger partial charge in [-0.1, -0.05) is 54.1 Å². The van der Waals surface area contributed by atoms with Gasteiger partial charge >= 0.3 is 0 Å². The molecule has 0 spiro atoms. The van der Waals surface area contributed by atoms with Gasteiger partial charge in [-0.3, -0.25) is 9.59 Å².